The van der Waals surface area contributed by atoms with Gasteiger partial charge in [0.25, 0.3) is 0 Å². The second kappa shape index (κ2) is 5.63. The molecule has 0 bridgehead atoms. The quantitative estimate of drug-likeness (QED) is 0.845. The molecule has 0 radical (unpaired) electrons. The number of nitrogens with one attached hydrogen (secondary N) is 1. The van der Waals surface area contributed by atoms with E-state index in [9.17, 15) is 4.39 Å². The fraction of sp³-hybridized carbons (Fsp3) is 0.600. The Hall–Kier alpha value is -0.890. The summed E-state index contributed by atoms with van der Waals surface area (Å²) in [6.07, 6.45) is 3.46. The maximum absolute atomic E-state index is 13.5. The summed E-state index contributed by atoms with van der Waals surface area (Å²) in [6.45, 7) is 6.44. The summed E-state index contributed by atoms with van der Waals surface area (Å²) in [7, 11) is 0. The van der Waals surface area contributed by atoms with Crippen LogP contribution in [0.15, 0.2) is 18.2 Å². The minimum absolute atomic E-state index is 0.0832. The van der Waals surface area contributed by atoms with Gasteiger partial charge < -0.3 is 5.32 Å². The molecule has 0 unspecified atom stereocenters. The number of hydrogen-bond acceptors (Lipinski definition) is 1. The highest BCUT2D eigenvalue weighted by molar-refractivity contribution is 5.27. The van der Waals surface area contributed by atoms with Gasteiger partial charge in [0, 0.05) is 0 Å². The van der Waals surface area contributed by atoms with Crippen LogP contribution < -0.4 is 5.32 Å². The normalized spacial score (nSPS) is 17.6. The molecule has 0 atom stereocenters. The molecule has 1 aliphatic rings. The van der Waals surface area contributed by atoms with Crippen LogP contribution in [0.2, 0.25) is 0 Å². The smallest absolute Gasteiger partial charge is 0.123 e. The third kappa shape index (κ3) is 3.53. The molecule has 94 valence electrons. The first-order valence-electron chi connectivity index (χ1n) is 6.65. The van der Waals surface area contributed by atoms with E-state index < -0.39 is 0 Å². The molecule has 2 heteroatoms. The summed E-state index contributed by atoms with van der Waals surface area (Å²) in [6, 6.07) is 5.54. The van der Waals surface area contributed by atoms with Crippen LogP contribution in [0.1, 0.15) is 43.7 Å². The van der Waals surface area contributed by atoms with E-state index >= 15 is 0 Å². The molecule has 0 spiro atoms. The molecule has 0 aromatic heterocycles. The van der Waals surface area contributed by atoms with Gasteiger partial charge in [0.2, 0.25) is 0 Å². The Morgan fingerprint density at radius 1 is 1.24 bits per heavy atom. The molecule has 1 N–H and O–H groups in total. The predicted octanol–water partition coefficient (Wildman–Crippen LogP) is 3.49. The Balaban J connectivity index is 2.09. The SMILES string of the molecule is CC(C)c1cc(F)cc(CC2CCNCC2)c1. The average Bonchev–Trinajstić information content (AvgIpc) is 2.29. The topological polar surface area (TPSA) is 12.0 Å². The highest BCUT2D eigenvalue weighted by Crippen LogP contribution is 2.22. The summed E-state index contributed by atoms with van der Waals surface area (Å²) in [5.74, 6) is 1.04. The van der Waals surface area contributed by atoms with Crippen molar-refractivity contribution < 1.29 is 4.39 Å². The van der Waals surface area contributed by atoms with Crippen molar-refractivity contribution in [3.05, 3.63) is 35.1 Å². The van der Waals surface area contributed by atoms with E-state index in [2.05, 4.69) is 25.2 Å². The molecule has 1 aromatic carbocycles. The Labute approximate surface area is 103 Å². The molecule has 1 saturated heterocycles. The van der Waals surface area contributed by atoms with Crippen LogP contribution in [0.4, 0.5) is 4.39 Å². The molecular weight excluding hydrogens is 213 g/mol. The van der Waals surface area contributed by atoms with Crippen LogP contribution in [-0.4, -0.2) is 13.1 Å². The monoisotopic (exact) mass is 235 g/mol. The maximum atomic E-state index is 13.5. The highest BCUT2D eigenvalue weighted by atomic mass is 19.1. The van der Waals surface area contributed by atoms with Crippen LogP contribution in [0.25, 0.3) is 0 Å². The van der Waals surface area contributed by atoms with Gasteiger partial charge in [0.1, 0.15) is 5.82 Å². The predicted molar refractivity (Wildman–Crippen MR) is 69.8 cm³/mol. The van der Waals surface area contributed by atoms with Gasteiger partial charge in [0.15, 0.2) is 0 Å². The zero-order valence-electron chi connectivity index (χ0n) is 10.8. The van der Waals surface area contributed by atoms with Crippen LogP contribution in [0, 0.1) is 11.7 Å². The van der Waals surface area contributed by atoms with Crippen molar-refractivity contribution in [2.45, 2.75) is 39.0 Å². The lowest BCUT2D eigenvalue weighted by atomic mass is 9.89. The Bertz CT molecular complexity index is 367. The lowest BCUT2D eigenvalue weighted by Gasteiger charge is -2.23. The molecule has 0 saturated carbocycles. The number of piperidine rings is 1. The Kier molecular flexibility index (Phi) is 4.16. The van der Waals surface area contributed by atoms with Crippen molar-refractivity contribution in [1.82, 2.24) is 5.32 Å². The minimum atomic E-state index is -0.0832. The molecule has 1 heterocycles. The molecule has 0 amide bonds. The number of hydrogen-bond donors (Lipinski definition) is 1. The van der Waals surface area contributed by atoms with Gasteiger partial charge in [-0.05, 0) is 67.4 Å². The van der Waals surface area contributed by atoms with Gasteiger partial charge in [-0.1, -0.05) is 19.9 Å². The summed E-state index contributed by atoms with van der Waals surface area (Å²) < 4.78 is 13.5. The van der Waals surface area contributed by atoms with Crippen molar-refractivity contribution in [3.63, 3.8) is 0 Å². The molecule has 1 aliphatic heterocycles. The molecule has 0 aliphatic carbocycles. The third-order valence-electron chi connectivity index (χ3n) is 3.63. The van der Waals surface area contributed by atoms with Gasteiger partial charge in [-0.2, -0.15) is 0 Å². The molecule has 1 aromatic rings. The molecule has 1 fully saturated rings. The van der Waals surface area contributed by atoms with E-state index in [-0.39, 0.29) is 5.82 Å². The Morgan fingerprint density at radius 2 is 1.94 bits per heavy atom. The zero-order chi connectivity index (χ0) is 12.3. The van der Waals surface area contributed by atoms with E-state index in [1.807, 2.05) is 0 Å². The van der Waals surface area contributed by atoms with E-state index in [0.717, 1.165) is 31.0 Å². The molecule has 1 nitrogen and oxygen atoms in total. The molecular formula is C15H22FN. The lowest BCUT2D eigenvalue weighted by Crippen LogP contribution is -2.28. The lowest BCUT2D eigenvalue weighted by molar-refractivity contribution is 0.372. The van der Waals surface area contributed by atoms with Crippen molar-refractivity contribution in [3.8, 4) is 0 Å². The van der Waals surface area contributed by atoms with Gasteiger partial charge >= 0.3 is 0 Å². The van der Waals surface area contributed by atoms with E-state index in [1.165, 1.54) is 18.4 Å². The second-order valence-corrected chi connectivity index (χ2v) is 5.45. The first-order chi connectivity index (χ1) is 8.15. The first-order valence-corrected chi connectivity index (χ1v) is 6.65. The standard InChI is InChI=1S/C15H22FN/c1-11(2)14-8-13(9-15(16)10-14)7-12-3-5-17-6-4-12/h8-12,17H,3-7H2,1-2H3. The highest BCUT2D eigenvalue weighted by Gasteiger charge is 2.14. The number of halogens is 1. The summed E-state index contributed by atoms with van der Waals surface area (Å²) >= 11 is 0. The van der Waals surface area contributed by atoms with Gasteiger partial charge in [-0.15, -0.1) is 0 Å². The van der Waals surface area contributed by atoms with Crippen molar-refractivity contribution in [2.24, 2.45) is 5.92 Å². The van der Waals surface area contributed by atoms with E-state index in [1.54, 1.807) is 12.1 Å². The van der Waals surface area contributed by atoms with Gasteiger partial charge in [-0.3, -0.25) is 0 Å². The van der Waals surface area contributed by atoms with Crippen LogP contribution >= 0.6 is 0 Å². The van der Waals surface area contributed by atoms with Crippen LogP contribution in [-0.2, 0) is 6.42 Å². The van der Waals surface area contributed by atoms with Crippen molar-refractivity contribution >= 4 is 0 Å². The summed E-state index contributed by atoms with van der Waals surface area (Å²) in [5, 5.41) is 3.37. The maximum Gasteiger partial charge on any atom is 0.123 e. The zero-order valence-corrected chi connectivity index (χ0v) is 10.8. The minimum Gasteiger partial charge on any atom is -0.317 e. The largest absolute Gasteiger partial charge is 0.317 e. The van der Waals surface area contributed by atoms with Gasteiger partial charge in [-0.25, -0.2) is 4.39 Å². The Morgan fingerprint density at radius 3 is 2.59 bits per heavy atom. The number of benzene rings is 1. The second-order valence-electron chi connectivity index (χ2n) is 5.45. The average molecular weight is 235 g/mol. The summed E-state index contributed by atoms with van der Waals surface area (Å²) in [5.41, 5.74) is 2.29. The third-order valence-corrected chi connectivity index (χ3v) is 3.63. The van der Waals surface area contributed by atoms with E-state index in [4.69, 9.17) is 0 Å². The van der Waals surface area contributed by atoms with Crippen LogP contribution in [0.5, 0.6) is 0 Å². The number of rotatable bonds is 3. The molecule has 17 heavy (non-hydrogen) atoms. The fourth-order valence-corrected chi connectivity index (χ4v) is 2.55. The van der Waals surface area contributed by atoms with Crippen molar-refractivity contribution in [2.75, 3.05) is 13.1 Å². The van der Waals surface area contributed by atoms with Crippen molar-refractivity contribution in [1.29, 1.82) is 0 Å². The van der Waals surface area contributed by atoms with E-state index in [0.29, 0.717) is 5.92 Å². The first kappa shape index (κ1) is 12.6. The molecule has 2 rings (SSSR count). The van der Waals surface area contributed by atoms with Gasteiger partial charge in [0.05, 0.1) is 0 Å². The summed E-state index contributed by atoms with van der Waals surface area (Å²) in [4.78, 5) is 0. The fourth-order valence-electron chi connectivity index (χ4n) is 2.55. The van der Waals surface area contributed by atoms with Crippen LogP contribution in [0.3, 0.4) is 0 Å².